The molecule has 0 radical (unpaired) electrons. The van der Waals surface area contributed by atoms with Gasteiger partial charge in [-0.15, -0.1) is 0 Å². The Balaban J connectivity index is 1.58. The maximum Gasteiger partial charge on any atom is 0.242 e. The van der Waals surface area contributed by atoms with Crippen molar-refractivity contribution in [1.29, 1.82) is 0 Å². The maximum atomic E-state index is 13.6. The van der Waals surface area contributed by atoms with E-state index in [2.05, 4.69) is 5.32 Å². The predicted molar refractivity (Wildman–Crippen MR) is 131 cm³/mol. The number of carbonyl (C=O) groups is 2. The van der Waals surface area contributed by atoms with Crippen molar-refractivity contribution >= 4 is 23.4 Å². The normalized spacial score (nSPS) is 12.8. The van der Waals surface area contributed by atoms with Crippen LogP contribution in [0.25, 0.3) is 0 Å². The van der Waals surface area contributed by atoms with Crippen LogP contribution in [-0.4, -0.2) is 36.6 Å². The fourth-order valence-corrected chi connectivity index (χ4v) is 4.22. The Morgan fingerprint density at radius 1 is 0.971 bits per heavy atom. The Bertz CT molecular complexity index is 1150. The van der Waals surface area contributed by atoms with Crippen molar-refractivity contribution in [2.75, 3.05) is 13.8 Å². The Morgan fingerprint density at radius 2 is 1.71 bits per heavy atom. The van der Waals surface area contributed by atoms with Crippen molar-refractivity contribution in [3.05, 3.63) is 94.5 Å². The van der Waals surface area contributed by atoms with Gasteiger partial charge in [0.05, 0.1) is 0 Å². The largest absolute Gasteiger partial charge is 0.454 e. The smallest absolute Gasteiger partial charge is 0.242 e. The molecule has 2 amide bonds. The molecule has 34 heavy (non-hydrogen) atoms. The minimum Gasteiger partial charge on any atom is -0.454 e. The Hall–Kier alpha value is -3.51. The first-order chi connectivity index (χ1) is 16.5. The van der Waals surface area contributed by atoms with Crippen LogP contribution in [0.4, 0.5) is 0 Å². The first-order valence-electron chi connectivity index (χ1n) is 11.2. The van der Waals surface area contributed by atoms with Gasteiger partial charge in [-0.1, -0.05) is 66.2 Å². The number of halogens is 1. The van der Waals surface area contributed by atoms with Crippen LogP contribution in [0.1, 0.15) is 23.1 Å². The van der Waals surface area contributed by atoms with Crippen LogP contribution in [0.2, 0.25) is 5.02 Å². The predicted octanol–water partition coefficient (Wildman–Crippen LogP) is 4.39. The summed E-state index contributed by atoms with van der Waals surface area (Å²) in [6.45, 7) is 0.446. The summed E-state index contributed by atoms with van der Waals surface area (Å²) in [4.78, 5) is 28.2. The van der Waals surface area contributed by atoms with Crippen LogP contribution in [0.3, 0.4) is 0 Å². The number of rotatable bonds is 9. The molecule has 3 aromatic rings. The molecule has 176 valence electrons. The van der Waals surface area contributed by atoms with Crippen LogP contribution < -0.4 is 14.8 Å². The average Bonchev–Trinajstić information content (AvgIpc) is 3.34. The van der Waals surface area contributed by atoms with Crippen molar-refractivity contribution < 1.29 is 19.1 Å². The number of carbonyl (C=O) groups excluding carboxylic acids is 2. The molecule has 3 aromatic carbocycles. The highest BCUT2D eigenvalue weighted by Crippen LogP contribution is 2.33. The molecular formula is C27H27ClN2O4. The van der Waals surface area contributed by atoms with Crippen molar-refractivity contribution in [3.63, 3.8) is 0 Å². The van der Waals surface area contributed by atoms with Gasteiger partial charge in [0, 0.05) is 31.5 Å². The van der Waals surface area contributed by atoms with E-state index in [-0.39, 0.29) is 31.6 Å². The van der Waals surface area contributed by atoms with Gasteiger partial charge in [0.2, 0.25) is 18.6 Å². The lowest BCUT2D eigenvalue weighted by Crippen LogP contribution is -2.49. The number of nitrogens with zero attached hydrogens (tertiary/aromatic N) is 1. The molecule has 7 heteroatoms. The highest BCUT2D eigenvalue weighted by molar-refractivity contribution is 6.31. The summed E-state index contributed by atoms with van der Waals surface area (Å²) in [5.41, 5.74) is 2.74. The molecule has 1 unspecified atom stereocenters. The lowest BCUT2D eigenvalue weighted by atomic mass is 10.0. The summed E-state index contributed by atoms with van der Waals surface area (Å²) < 4.78 is 10.8. The lowest BCUT2D eigenvalue weighted by Gasteiger charge is -2.31. The lowest BCUT2D eigenvalue weighted by molar-refractivity contribution is -0.141. The zero-order valence-electron chi connectivity index (χ0n) is 19.0. The molecule has 0 aromatic heterocycles. The highest BCUT2D eigenvalue weighted by atomic mass is 35.5. The number of hydrogen-bond acceptors (Lipinski definition) is 4. The number of hydrogen-bond donors (Lipinski definition) is 1. The second kappa shape index (κ2) is 11.1. The minimum absolute atomic E-state index is 0.123. The van der Waals surface area contributed by atoms with E-state index in [1.54, 1.807) is 18.0 Å². The number of ether oxygens (including phenoxy) is 2. The maximum absolute atomic E-state index is 13.6. The third kappa shape index (κ3) is 5.69. The van der Waals surface area contributed by atoms with E-state index in [1.165, 1.54) is 0 Å². The molecule has 0 bridgehead atoms. The van der Waals surface area contributed by atoms with Gasteiger partial charge in [-0.05, 0) is 41.3 Å². The summed E-state index contributed by atoms with van der Waals surface area (Å²) >= 11 is 6.41. The van der Waals surface area contributed by atoms with Crippen molar-refractivity contribution in [2.24, 2.45) is 0 Å². The van der Waals surface area contributed by atoms with Crippen LogP contribution in [0, 0.1) is 0 Å². The van der Waals surface area contributed by atoms with E-state index in [9.17, 15) is 9.59 Å². The van der Waals surface area contributed by atoms with Crippen LogP contribution >= 0.6 is 11.6 Å². The van der Waals surface area contributed by atoms with E-state index in [0.29, 0.717) is 29.4 Å². The number of fused-ring (bicyclic) bond motifs is 1. The Kier molecular flexibility index (Phi) is 7.70. The van der Waals surface area contributed by atoms with Crippen LogP contribution in [0.15, 0.2) is 72.8 Å². The van der Waals surface area contributed by atoms with Crippen molar-refractivity contribution in [2.45, 2.75) is 31.8 Å². The Morgan fingerprint density at radius 3 is 2.47 bits per heavy atom. The highest BCUT2D eigenvalue weighted by Gasteiger charge is 2.30. The number of amides is 2. The quantitative estimate of drug-likeness (QED) is 0.495. The van der Waals surface area contributed by atoms with Crippen molar-refractivity contribution in [1.82, 2.24) is 10.2 Å². The molecule has 0 fully saturated rings. The van der Waals surface area contributed by atoms with Gasteiger partial charge in [0.15, 0.2) is 11.5 Å². The SMILES string of the molecule is CNC(=O)C(Cc1ccccc1)N(Cc1ccccc1Cl)C(=O)CCc1ccc2c(c1)OCO2. The first-order valence-corrected chi connectivity index (χ1v) is 11.6. The van der Waals surface area contributed by atoms with E-state index in [1.807, 2.05) is 66.7 Å². The van der Waals surface area contributed by atoms with Gasteiger partial charge < -0.3 is 19.7 Å². The van der Waals surface area contributed by atoms with Gasteiger partial charge in [0.25, 0.3) is 0 Å². The molecule has 1 heterocycles. The summed E-state index contributed by atoms with van der Waals surface area (Å²) in [5, 5.41) is 3.29. The summed E-state index contributed by atoms with van der Waals surface area (Å²) in [5.74, 6) is 1.05. The second-order valence-electron chi connectivity index (χ2n) is 8.12. The molecule has 0 saturated heterocycles. The minimum atomic E-state index is -0.673. The van der Waals surface area contributed by atoms with E-state index >= 15 is 0 Å². The standard InChI is InChI=1S/C27H27ClN2O4/c1-29-27(32)23(15-19-7-3-2-4-8-19)30(17-21-9-5-6-10-22(21)28)26(31)14-12-20-11-13-24-25(16-20)34-18-33-24/h2-11,13,16,23H,12,14-15,17-18H2,1H3,(H,29,32). The van der Waals surface area contributed by atoms with Gasteiger partial charge in [-0.2, -0.15) is 0 Å². The zero-order chi connectivity index (χ0) is 23.9. The Labute approximate surface area is 204 Å². The van der Waals surface area contributed by atoms with Crippen LogP contribution in [0.5, 0.6) is 11.5 Å². The molecular weight excluding hydrogens is 452 g/mol. The van der Waals surface area contributed by atoms with Gasteiger partial charge in [0.1, 0.15) is 6.04 Å². The third-order valence-electron chi connectivity index (χ3n) is 5.88. The molecule has 0 saturated carbocycles. The van der Waals surface area contributed by atoms with Gasteiger partial charge in [-0.3, -0.25) is 9.59 Å². The first kappa shape index (κ1) is 23.6. The van der Waals surface area contributed by atoms with Crippen molar-refractivity contribution in [3.8, 4) is 11.5 Å². The molecule has 1 atom stereocenters. The molecule has 0 aliphatic carbocycles. The molecule has 1 aliphatic rings. The van der Waals surface area contributed by atoms with Gasteiger partial charge >= 0.3 is 0 Å². The molecule has 6 nitrogen and oxygen atoms in total. The summed E-state index contributed by atoms with van der Waals surface area (Å²) in [7, 11) is 1.59. The molecule has 1 N–H and O–H groups in total. The molecule has 4 rings (SSSR count). The van der Waals surface area contributed by atoms with E-state index in [4.69, 9.17) is 21.1 Å². The molecule has 0 spiro atoms. The number of aryl methyl sites for hydroxylation is 1. The summed E-state index contributed by atoms with van der Waals surface area (Å²) in [6, 6.07) is 22.1. The number of likely N-dealkylation sites (N-methyl/N-ethyl adjacent to an activating group) is 1. The third-order valence-corrected chi connectivity index (χ3v) is 6.25. The van der Waals surface area contributed by atoms with Gasteiger partial charge in [-0.25, -0.2) is 0 Å². The topological polar surface area (TPSA) is 67.9 Å². The van der Waals surface area contributed by atoms with Crippen LogP contribution in [-0.2, 0) is 29.0 Å². The molecule has 1 aliphatic heterocycles. The van der Waals surface area contributed by atoms with E-state index in [0.717, 1.165) is 16.7 Å². The summed E-state index contributed by atoms with van der Waals surface area (Å²) in [6.07, 6.45) is 1.16. The zero-order valence-corrected chi connectivity index (χ0v) is 19.8. The number of benzene rings is 3. The monoisotopic (exact) mass is 478 g/mol. The fraction of sp³-hybridized carbons (Fsp3) is 0.259. The fourth-order valence-electron chi connectivity index (χ4n) is 4.02. The average molecular weight is 479 g/mol. The van der Waals surface area contributed by atoms with E-state index < -0.39 is 6.04 Å². The number of nitrogens with one attached hydrogen (secondary N) is 1. The second-order valence-corrected chi connectivity index (χ2v) is 8.53.